The number of aliphatic hydroxyl groups is 1. The molecule has 1 saturated heterocycles. The number of piperidine rings is 1. The number of hydrogen-bond donors (Lipinski definition) is 4. The summed E-state index contributed by atoms with van der Waals surface area (Å²) >= 11 is 0. The monoisotopic (exact) mass is 515 g/mol. The predicted octanol–water partition coefficient (Wildman–Crippen LogP) is 5.01. The number of halogens is 1. The van der Waals surface area contributed by atoms with Crippen molar-refractivity contribution in [3.8, 4) is 22.8 Å². The summed E-state index contributed by atoms with van der Waals surface area (Å²) < 4.78 is 16.0. The van der Waals surface area contributed by atoms with Crippen LogP contribution in [0.3, 0.4) is 0 Å². The lowest BCUT2D eigenvalue weighted by molar-refractivity contribution is 0.190. The summed E-state index contributed by atoms with van der Waals surface area (Å²) in [7, 11) is 0. The first-order valence-corrected chi connectivity index (χ1v) is 13.1. The second-order valence-corrected chi connectivity index (χ2v) is 9.71. The Morgan fingerprint density at radius 2 is 1.97 bits per heavy atom. The van der Waals surface area contributed by atoms with E-state index in [4.69, 9.17) is 4.98 Å². The van der Waals surface area contributed by atoms with Crippen LogP contribution in [0.1, 0.15) is 45.4 Å². The van der Waals surface area contributed by atoms with Gasteiger partial charge in [-0.1, -0.05) is 13.3 Å². The zero-order valence-electron chi connectivity index (χ0n) is 21.2. The molecule has 0 aromatic carbocycles. The molecule has 0 bridgehead atoms. The van der Waals surface area contributed by atoms with Crippen molar-refractivity contribution in [1.82, 2.24) is 35.1 Å². The number of hydrogen-bond acceptors (Lipinski definition) is 8. The summed E-state index contributed by atoms with van der Waals surface area (Å²) in [4.78, 5) is 23.6. The maximum Gasteiger partial charge on any atom is 0.161 e. The first-order valence-electron chi connectivity index (χ1n) is 13.1. The number of anilines is 2. The largest absolute Gasteiger partial charge is 0.374 e. The van der Waals surface area contributed by atoms with E-state index in [2.05, 4.69) is 47.3 Å². The van der Waals surface area contributed by atoms with Crippen molar-refractivity contribution in [3.63, 3.8) is 0 Å². The van der Waals surface area contributed by atoms with Crippen molar-refractivity contribution in [2.24, 2.45) is 0 Å². The number of imidazole rings is 1. The SMILES string of the molecule is CCCCC(O)Nc1cncc(-c2ncc3[nH]nc(-c4nc5c(N6CCCCC6)nccc5[nH]4)c3c2F)c1. The van der Waals surface area contributed by atoms with E-state index in [1.54, 1.807) is 30.9 Å². The Balaban J connectivity index is 1.37. The smallest absolute Gasteiger partial charge is 0.161 e. The van der Waals surface area contributed by atoms with Gasteiger partial charge in [0.15, 0.2) is 17.5 Å². The van der Waals surface area contributed by atoms with Gasteiger partial charge in [-0.05, 0) is 44.2 Å². The zero-order valence-corrected chi connectivity index (χ0v) is 21.2. The van der Waals surface area contributed by atoms with Crippen LogP contribution >= 0.6 is 0 Å². The minimum atomic E-state index is -0.704. The molecule has 6 heterocycles. The minimum absolute atomic E-state index is 0.145. The fourth-order valence-electron chi connectivity index (χ4n) is 5.03. The molecular weight excluding hydrogens is 485 g/mol. The van der Waals surface area contributed by atoms with Crippen molar-refractivity contribution in [1.29, 1.82) is 0 Å². The second-order valence-electron chi connectivity index (χ2n) is 9.71. The fraction of sp³-hybridized carbons (Fsp3) is 0.370. The number of nitrogens with zero attached hydrogens (tertiary/aromatic N) is 6. The Kier molecular flexibility index (Phi) is 6.59. The lowest BCUT2D eigenvalue weighted by Crippen LogP contribution is -2.30. The molecule has 10 nitrogen and oxygen atoms in total. The van der Waals surface area contributed by atoms with Gasteiger partial charge >= 0.3 is 0 Å². The van der Waals surface area contributed by atoms with Gasteiger partial charge in [-0.25, -0.2) is 14.4 Å². The predicted molar refractivity (Wildman–Crippen MR) is 145 cm³/mol. The average molecular weight is 516 g/mol. The number of fused-ring (bicyclic) bond motifs is 2. The van der Waals surface area contributed by atoms with Crippen LogP contribution in [-0.4, -0.2) is 59.5 Å². The average Bonchev–Trinajstić information content (AvgIpc) is 3.57. The quantitative estimate of drug-likeness (QED) is 0.212. The number of H-pyrrole nitrogens is 2. The van der Waals surface area contributed by atoms with Gasteiger partial charge in [-0.2, -0.15) is 5.10 Å². The van der Waals surface area contributed by atoms with Crippen LogP contribution in [0, 0.1) is 5.82 Å². The number of unbranched alkanes of at least 4 members (excludes halogenated alkanes) is 1. The van der Waals surface area contributed by atoms with E-state index in [1.807, 2.05) is 6.07 Å². The van der Waals surface area contributed by atoms with Gasteiger partial charge in [0.2, 0.25) is 0 Å². The van der Waals surface area contributed by atoms with Gasteiger partial charge in [0.25, 0.3) is 0 Å². The zero-order chi connectivity index (χ0) is 26.1. The molecule has 1 atom stereocenters. The maximum atomic E-state index is 16.0. The van der Waals surface area contributed by atoms with Crippen molar-refractivity contribution >= 4 is 33.4 Å². The lowest BCUT2D eigenvalue weighted by atomic mass is 10.1. The maximum absolute atomic E-state index is 16.0. The summed E-state index contributed by atoms with van der Waals surface area (Å²) in [5.74, 6) is 0.775. The van der Waals surface area contributed by atoms with Crippen LogP contribution < -0.4 is 10.2 Å². The Labute approximate surface area is 218 Å². The van der Waals surface area contributed by atoms with Crippen LogP contribution in [0.25, 0.3) is 44.7 Å². The number of aromatic nitrogens is 7. The van der Waals surface area contributed by atoms with E-state index in [0.29, 0.717) is 40.1 Å². The van der Waals surface area contributed by atoms with Crippen molar-refractivity contribution in [2.75, 3.05) is 23.3 Å². The molecule has 0 radical (unpaired) electrons. The molecule has 0 saturated carbocycles. The standard InChI is InChI=1S/C27H30FN9O/c1-2-3-7-20(38)32-17-12-16(13-29-14-17)23-22(28)21-19(15-31-23)35-36-25(21)26-33-18-8-9-30-27(24(18)34-26)37-10-5-4-6-11-37/h8-9,12-15,20,32,38H,2-7,10-11H2,1H3,(H,33,34)(H,35,36). The van der Waals surface area contributed by atoms with Crippen LogP contribution in [0.5, 0.6) is 0 Å². The molecule has 6 rings (SSSR count). The minimum Gasteiger partial charge on any atom is -0.374 e. The molecule has 1 unspecified atom stereocenters. The molecule has 0 aliphatic carbocycles. The third-order valence-corrected chi connectivity index (χ3v) is 6.98. The third kappa shape index (κ3) is 4.53. The Bertz CT molecular complexity index is 1570. The molecule has 1 aliphatic rings. The second kappa shape index (κ2) is 10.3. The molecular formula is C27H30FN9O. The summed E-state index contributed by atoms with van der Waals surface area (Å²) in [5.41, 5.74) is 3.64. The van der Waals surface area contributed by atoms with E-state index >= 15 is 4.39 Å². The van der Waals surface area contributed by atoms with Crippen LogP contribution in [0.2, 0.25) is 0 Å². The van der Waals surface area contributed by atoms with Gasteiger partial charge in [0.05, 0.1) is 34.5 Å². The van der Waals surface area contributed by atoms with Crippen molar-refractivity contribution < 1.29 is 9.50 Å². The fourth-order valence-corrected chi connectivity index (χ4v) is 5.03. The van der Waals surface area contributed by atoms with E-state index in [9.17, 15) is 5.11 Å². The van der Waals surface area contributed by atoms with Gasteiger partial charge in [-0.15, -0.1) is 0 Å². The molecule has 4 N–H and O–H groups in total. The molecule has 5 aromatic rings. The van der Waals surface area contributed by atoms with E-state index in [1.165, 1.54) is 6.42 Å². The first-order chi connectivity index (χ1) is 18.6. The molecule has 1 fully saturated rings. The number of aromatic amines is 2. The third-order valence-electron chi connectivity index (χ3n) is 6.98. The van der Waals surface area contributed by atoms with E-state index < -0.39 is 12.0 Å². The van der Waals surface area contributed by atoms with Gasteiger partial charge < -0.3 is 20.3 Å². The highest BCUT2D eigenvalue weighted by Crippen LogP contribution is 2.34. The Morgan fingerprint density at radius 3 is 2.82 bits per heavy atom. The summed E-state index contributed by atoms with van der Waals surface area (Å²) in [6.45, 7) is 3.96. The number of rotatable bonds is 8. The molecule has 0 amide bonds. The molecule has 0 spiro atoms. The van der Waals surface area contributed by atoms with Gasteiger partial charge in [0, 0.05) is 31.0 Å². The normalized spacial score (nSPS) is 14.9. The van der Waals surface area contributed by atoms with Crippen molar-refractivity contribution in [2.45, 2.75) is 51.7 Å². The van der Waals surface area contributed by atoms with Crippen LogP contribution in [0.4, 0.5) is 15.9 Å². The highest BCUT2D eigenvalue weighted by Gasteiger charge is 2.23. The van der Waals surface area contributed by atoms with E-state index in [-0.39, 0.29) is 5.69 Å². The van der Waals surface area contributed by atoms with Gasteiger partial charge in [0.1, 0.15) is 23.1 Å². The Hall–Kier alpha value is -4.12. The van der Waals surface area contributed by atoms with E-state index in [0.717, 1.165) is 55.6 Å². The summed E-state index contributed by atoms with van der Waals surface area (Å²) in [5, 5.41) is 20.8. The molecule has 5 aromatic heterocycles. The molecule has 196 valence electrons. The summed E-state index contributed by atoms with van der Waals surface area (Å²) in [6.07, 6.45) is 11.8. The first kappa shape index (κ1) is 24.2. The number of aliphatic hydroxyl groups excluding tert-OH is 1. The van der Waals surface area contributed by atoms with Gasteiger partial charge in [-0.3, -0.25) is 15.1 Å². The molecule has 11 heteroatoms. The molecule has 38 heavy (non-hydrogen) atoms. The number of nitrogens with one attached hydrogen (secondary N) is 3. The van der Waals surface area contributed by atoms with Crippen LogP contribution in [-0.2, 0) is 0 Å². The highest BCUT2D eigenvalue weighted by molar-refractivity contribution is 5.96. The van der Waals surface area contributed by atoms with Crippen LogP contribution in [0.15, 0.2) is 36.9 Å². The van der Waals surface area contributed by atoms with Crippen molar-refractivity contribution in [3.05, 3.63) is 42.7 Å². The molecule has 1 aliphatic heterocycles. The number of pyridine rings is 3. The Morgan fingerprint density at radius 1 is 1.11 bits per heavy atom. The lowest BCUT2D eigenvalue weighted by Gasteiger charge is -2.27. The summed E-state index contributed by atoms with van der Waals surface area (Å²) in [6, 6.07) is 3.60. The topological polar surface area (TPSA) is 132 Å². The highest BCUT2D eigenvalue weighted by atomic mass is 19.1.